The molecule has 0 fully saturated rings. The molecule has 0 aliphatic heterocycles. The third-order valence-corrected chi connectivity index (χ3v) is 2.72. The van der Waals surface area contributed by atoms with Crippen molar-refractivity contribution in [3.63, 3.8) is 0 Å². The highest BCUT2D eigenvalue weighted by atomic mass is 16.3. The quantitative estimate of drug-likeness (QED) is 0.753. The molecule has 0 heterocycles. The first-order valence-electron chi connectivity index (χ1n) is 5.96. The van der Waals surface area contributed by atoms with E-state index in [1.54, 1.807) is 13.8 Å². The summed E-state index contributed by atoms with van der Waals surface area (Å²) in [4.78, 5) is 0. The van der Waals surface area contributed by atoms with Crippen molar-refractivity contribution in [1.29, 1.82) is 0 Å². The lowest BCUT2D eigenvalue weighted by Gasteiger charge is -2.17. The van der Waals surface area contributed by atoms with E-state index < -0.39 is 5.60 Å². The Hall–Kier alpha value is -2.04. The summed E-state index contributed by atoms with van der Waals surface area (Å²) in [6.45, 7) is 3.55. The van der Waals surface area contributed by atoms with Crippen LogP contribution in [0.5, 0.6) is 0 Å². The Morgan fingerprint density at radius 3 is 1.78 bits per heavy atom. The van der Waals surface area contributed by atoms with Crippen molar-refractivity contribution in [2.45, 2.75) is 19.4 Å². The van der Waals surface area contributed by atoms with Crippen molar-refractivity contribution in [3.05, 3.63) is 71.3 Å². The molecule has 0 unspecified atom stereocenters. The van der Waals surface area contributed by atoms with Crippen LogP contribution in [0.2, 0.25) is 0 Å². The van der Waals surface area contributed by atoms with Crippen molar-refractivity contribution < 1.29 is 5.11 Å². The van der Waals surface area contributed by atoms with Crippen LogP contribution >= 0.6 is 0 Å². The van der Waals surface area contributed by atoms with Gasteiger partial charge in [0.05, 0.1) is 5.60 Å². The summed E-state index contributed by atoms with van der Waals surface area (Å²) in [6, 6.07) is 17.6. The van der Waals surface area contributed by atoms with Gasteiger partial charge in [0.1, 0.15) is 0 Å². The average Bonchev–Trinajstić information content (AvgIpc) is 2.37. The van der Waals surface area contributed by atoms with Crippen LogP contribution in [0.4, 0.5) is 0 Å². The normalized spacial score (nSPS) is 10.6. The van der Waals surface area contributed by atoms with E-state index in [1.165, 1.54) is 0 Å². The molecule has 0 aliphatic rings. The third-order valence-electron chi connectivity index (χ3n) is 2.72. The van der Waals surface area contributed by atoms with Gasteiger partial charge in [-0.05, 0) is 43.7 Å². The molecular formula is C17H16O. The highest BCUT2D eigenvalue weighted by Gasteiger charge is 2.14. The zero-order valence-corrected chi connectivity index (χ0v) is 10.6. The molecule has 0 saturated heterocycles. The molecule has 0 aromatic heterocycles. The van der Waals surface area contributed by atoms with Crippen molar-refractivity contribution >= 4 is 0 Å². The summed E-state index contributed by atoms with van der Waals surface area (Å²) < 4.78 is 0. The number of aliphatic hydroxyl groups is 1. The molecule has 0 atom stereocenters. The minimum absolute atomic E-state index is 0.800. The summed E-state index contributed by atoms with van der Waals surface area (Å²) in [5.41, 5.74) is 2.05. The minimum Gasteiger partial charge on any atom is -0.386 e. The van der Waals surface area contributed by atoms with Gasteiger partial charge in [0.2, 0.25) is 0 Å². The van der Waals surface area contributed by atoms with Gasteiger partial charge >= 0.3 is 0 Å². The van der Waals surface area contributed by atoms with Gasteiger partial charge in [-0.15, -0.1) is 0 Å². The van der Waals surface area contributed by atoms with E-state index in [0.717, 1.165) is 16.7 Å². The minimum atomic E-state index is -0.800. The van der Waals surface area contributed by atoms with E-state index in [2.05, 4.69) is 11.8 Å². The van der Waals surface area contributed by atoms with Gasteiger partial charge in [-0.25, -0.2) is 0 Å². The van der Waals surface area contributed by atoms with Crippen molar-refractivity contribution in [1.82, 2.24) is 0 Å². The fourth-order valence-corrected chi connectivity index (χ4v) is 1.63. The smallest absolute Gasteiger partial charge is 0.0840 e. The van der Waals surface area contributed by atoms with Gasteiger partial charge in [0.25, 0.3) is 0 Å². The Balaban J connectivity index is 2.20. The zero-order valence-electron chi connectivity index (χ0n) is 10.6. The SMILES string of the molecule is CC(C)(O)c1ccc(C#Cc2ccccc2)cc1. The molecule has 90 valence electrons. The summed E-state index contributed by atoms with van der Waals surface area (Å²) in [7, 11) is 0. The third kappa shape index (κ3) is 3.23. The predicted octanol–water partition coefficient (Wildman–Crippen LogP) is 3.31. The monoisotopic (exact) mass is 236 g/mol. The zero-order chi connectivity index (χ0) is 13.0. The Kier molecular flexibility index (Phi) is 3.50. The molecule has 0 bridgehead atoms. The largest absolute Gasteiger partial charge is 0.386 e. The molecule has 0 saturated carbocycles. The van der Waals surface area contributed by atoms with Crippen molar-refractivity contribution in [2.24, 2.45) is 0 Å². The van der Waals surface area contributed by atoms with E-state index in [1.807, 2.05) is 54.6 Å². The first-order valence-corrected chi connectivity index (χ1v) is 5.96. The first-order chi connectivity index (χ1) is 8.55. The van der Waals surface area contributed by atoms with Gasteiger partial charge in [0.15, 0.2) is 0 Å². The molecule has 2 aromatic carbocycles. The Labute approximate surface area is 108 Å². The Bertz CT molecular complexity index is 563. The molecule has 2 aromatic rings. The molecule has 0 radical (unpaired) electrons. The molecule has 1 nitrogen and oxygen atoms in total. The van der Waals surface area contributed by atoms with Crippen LogP contribution in [-0.2, 0) is 5.60 Å². The van der Waals surface area contributed by atoms with E-state index in [0.29, 0.717) is 0 Å². The number of benzene rings is 2. The highest BCUT2D eigenvalue weighted by molar-refractivity contribution is 5.43. The van der Waals surface area contributed by atoms with Crippen LogP contribution in [0.1, 0.15) is 30.5 Å². The number of rotatable bonds is 1. The van der Waals surface area contributed by atoms with Gasteiger partial charge in [0, 0.05) is 11.1 Å². The first kappa shape index (κ1) is 12.4. The lowest BCUT2D eigenvalue weighted by Crippen LogP contribution is -2.14. The lowest BCUT2D eigenvalue weighted by atomic mass is 9.97. The lowest BCUT2D eigenvalue weighted by molar-refractivity contribution is 0.0786. The Morgan fingerprint density at radius 1 is 0.778 bits per heavy atom. The maximum Gasteiger partial charge on any atom is 0.0840 e. The van der Waals surface area contributed by atoms with Crippen molar-refractivity contribution in [3.8, 4) is 11.8 Å². The van der Waals surface area contributed by atoms with Gasteiger partial charge in [-0.2, -0.15) is 0 Å². The second-order valence-corrected chi connectivity index (χ2v) is 4.75. The molecule has 2 rings (SSSR count). The van der Waals surface area contributed by atoms with Crippen LogP contribution in [-0.4, -0.2) is 5.11 Å². The summed E-state index contributed by atoms with van der Waals surface area (Å²) in [5.74, 6) is 6.21. The van der Waals surface area contributed by atoms with Crippen LogP contribution in [0.3, 0.4) is 0 Å². The van der Waals surface area contributed by atoms with E-state index in [9.17, 15) is 5.11 Å². The van der Waals surface area contributed by atoms with E-state index >= 15 is 0 Å². The highest BCUT2D eigenvalue weighted by Crippen LogP contribution is 2.19. The maximum absolute atomic E-state index is 9.85. The summed E-state index contributed by atoms with van der Waals surface area (Å²) >= 11 is 0. The molecule has 0 spiro atoms. The molecule has 1 heteroatoms. The summed E-state index contributed by atoms with van der Waals surface area (Å²) in [5, 5.41) is 9.85. The number of hydrogen-bond donors (Lipinski definition) is 1. The maximum atomic E-state index is 9.85. The average molecular weight is 236 g/mol. The fraction of sp³-hybridized carbons (Fsp3) is 0.176. The van der Waals surface area contributed by atoms with Crippen LogP contribution in [0.25, 0.3) is 0 Å². The van der Waals surface area contributed by atoms with Gasteiger partial charge in [-0.1, -0.05) is 42.2 Å². The molecule has 18 heavy (non-hydrogen) atoms. The topological polar surface area (TPSA) is 20.2 Å². The summed E-state index contributed by atoms with van der Waals surface area (Å²) in [6.07, 6.45) is 0. The molecule has 0 aliphatic carbocycles. The Morgan fingerprint density at radius 2 is 1.28 bits per heavy atom. The van der Waals surface area contributed by atoms with Crippen molar-refractivity contribution in [2.75, 3.05) is 0 Å². The standard InChI is InChI=1S/C17H16O/c1-17(2,18)16-12-10-15(11-13-16)9-8-14-6-4-3-5-7-14/h3-7,10-13,18H,1-2H3. The van der Waals surface area contributed by atoms with Crippen LogP contribution in [0.15, 0.2) is 54.6 Å². The van der Waals surface area contributed by atoms with Gasteiger partial charge in [-0.3, -0.25) is 0 Å². The van der Waals surface area contributed by atoms with E-state index in [4.69, 9.17) is 0 Å². The second-order valence-electron chi connectivity index (χ2n) is 4.75. The molecule has 1 N–H and O–H groups in total. The van der Waals surface area contributed by atoms with Gasteiger partial charge < -0.3 is 5.11 Å². The van der Waals surface area contributed by atoms with E-state index in [-0.39, 0.29) is 0 Å². The predicted molar refractivity (Wildman–Crippen MR) is 74.1 cm³/mol. The van der Waals surface area contributed by atoms with Crippen LogP contribution in [0, 0.1) is 11.8 Å². The molecular weight excluding hydrogens is 220 g/mol. The van der Waals surface area contributed by atoms with Crippen LogP contribution < -0.4 is 0 Å². The second kappa shape index (κ2) is 5.08. The fourth-order valence-electron chi connectivity index (χ4n) is 1.63. The molecule has 0 amide bonds. The number of hydrogen-bond acceptors (Lipinski definition) is 1.